The van der Waals surface area contributed by atoms with Crippen molar-refractivity contribution in [2.45, 2.75) is 38.9 Å². The van der Waals surface area contributed by atoms with Gasteiger partial charge in [-0.15, -0.1) is 10.8 Å². The van der Waals surface area contributed by atoms with Crippen molar-refractivity contribution in [2.24, 2.45) is 5.14 Å². The summed E-state index contributed by atoms with van der Waals surface area (Å²) in [5.41, 5.74) is 0. The average Bonchev–Trinajstić information content (AvgIpc) is 2.29. The van der Waals surface area contributed by atoms with E-state index in [0.29, 0.717) is 5.82 Å². The lowest BCUT2D eigenvalue weighted by Gasteiger charge is -2.36. The van der Waals surface area contributed by atoms with Gasteiger partial charge in [0.15, 0.2) is 5.82 Å². The van der Waals surface area contributed by atoms with Crippen molar-refractivity contribution in [3.8, 4) is 0 Å². The molecule has 1 rings (SSSR count). The van der Waals surface area contributed by atoms with Gasteiger partial charge in [0.1, 0.15) is 5.82 Å². The molecular formula is C10H20FN3O2S. The van der Waals surface area contributed by atoms with E-state index in [1.165, 1.54) is 0 Å². The molecule has 1 aromatic rings. The highest BCUT2D eigenvalue weighted by Gasteiger charge is 2.26. The van der Waals surface area contributed by atoms with Gasteiger partial charge in [-0.05, 0) is 6.92 Å². The Labute approximate surface area is 103 Å². The van der Waals surface area contributed by atoms with Gasteiger partial charge in [0, 0.05) is 5.92 Å². The standard InChI is InChI=1S/C8H14FN3O2S.C2H6/c1-5(6(2)15(10,13)14)8-11-3-7(9)4-12-8;1-2/h3-6,13-14H,10H2,1-2H3;1-2H3. The minimum Gasteiger partial charge on any atom is -0.286 e. The first-order chi connectivity index (χ1) is 7.82. The van der Waals surface area contributed by atoms with Crippen LogP contribution in [0.15, 0.2) is 12.4 Å². The van der Waals surface area contributed by atoms with Crippen LogP contribution in [0.5, 0.6) is 0 Å². The molecule has 0 fully saturated rings. The smallest absolute Gasteiger partial charge is 0.159 e. The van der Waals surface area contributed by atoms with Gasteiger partial charge in [-0.1, -0.05) is 20.8 Å². The third-order valence-electron chi connectivity index (χ3n) is 2.30. The quantitative estimate of drug-likeness (QED) is 0.781. The Hall–Kier alpha value is -0.760. The van der Waals surface area contributed by atoms with Gasteiger partial charge in [0.2, 0.25) is 0 Å². The maximum atomic E-state index is 12.5. The van der Waals surface area contributed by atoms with E-state index in [2.05, 4.69) is 9.97 Å². The Morgan fingerprint density at radius 1 is 1.24 bits per heavy atom. The van der Waals surface area contributed by atoms with Crippen LogP contribution in [0.2, 0.25) is 0 Å². The third kappa shape index (κ3) is 4.95. The van der Waals surface area contributed by atoms with Crippen LogP contribution in [0.1, 0.15) is 39.4 Å². The van der Waals surface area contributed by atoms with E-state index in [9.17, 15) is 13.5 Å². The first-order valence-corrected chi connectivity index (χ1v) is 7.02. The maximum absolute atomic E-state index is 12.5. The molecule has 0 aromatic carbocycles. The number of aromatic nitrogens is 2. The molecule has 0 bridgehead atoms. The summed E-state index contributed by atoms with van der Waals surface area (Å²) in [4.78, 5) is 7.52. The molecule has 1 aromatic heterocycles. The fraction of sp³-hybridized carbons (Fsp3) is 0.600. The summed E-state index contributed by atoms with van der Waals surface area (Å²) in [5, 5.41) is 4.63. The lowest BCUT2D eigenvalue weighted by atomic mass is 10.1. The molecule has 0 saturated heterocycles. The van der Waals surface area contributed by atoms with Crippen LogP contribution < -0.4 is 5.14 Å². The normalized spacial score (nSPS) is 15.5. The van der Waals surface area contributed by atoms with Crippen LogP contribution in [0, 0.1) is 5.82 Å². The van der Waals surface area contributed by atoms with E-state index in [0.717, 1.165) is 12.4 Å². The van der Waals surface area contributed by atoms with Gasteiger partial charge in [0.05, 0.1) is 17.6 Å². The SMILES string of the molecule is CC.CC(c1ncc(F)cn1)C(C)S(N)(O)O. The van der Waals surface area contributed by atoms with Crippen molar-refractivity contribution in [1.82, 2.24) is 9.97 Å². The molecule has 7 heteroatoms. The molecular weight excluding hydrogens is 245 g/mol. The molecule has 0 spiro atoms. The van der Waals surface area contributed by atoms with Gasteiger partial charge in [-0.25, -0.2) is 19.5 Å². The van der Waals surface area contributed by atoms with Crippen LogP contribution in [0.3, 0.4) is 0 Å². The van der Waals surface area contributed by atoms with Crippen molar-refractivity contribution in [2.75, 3.05) is 0 Å². The first-order valence-electron chi connectivity index (χ1n) is 5.34. The Morgan fingerprint density at radius 2 is 1.65 bits per heavy atom. The van der Waals surface area contributed by atoms with E-state index in [1.54, 1.807) is 13.8 Å². The lowest BCUT2D eigenvalue weighted by molar-refractivity contribution is 0.461. The monoisotopic (exact) mass is 265 g/mol. The molecule has 0 aliphatic heterocycles. The van der Waals surface area contributed by atoms with Gasteiger partial charge in [0.25, 0.3) is 0 Å². The van der Waals surface area contributed by atoms with Crippen LogP contribution in [0.25, 0.3) is 0 Å². The summed E-state index contributed by atoms with van der Waals surface area (Å²) in [6.45, 7) is 7.30. The van der Waals surface area contributed by atoms with Crippen molar-refractivity contribution in [3.05, 3.63) is 24.0 Å². The summed E-state index contributed by atoms with van der Waals surface area (Å²) in [6, 6.07) is 0. The summed E-state index contributed by atoms with van der Waals surface area (Å²) in [6.07, 6.45) is 2.07. The minimum absolute atomic E-state index is 0.342. The predicted octanol–water partition coefficient (Wildman–Crippen LogP) is 2.76. The molecule has 17 heavy (non-hydrogen) atoms. The van der Waals surface area contributed by atoms with E-state index < -0.39 is 21.8 Å². The van der Waals surface area contributed by atoms with Crippen LogP contribution in [0.4, 0.5) is 4.39 Å². The Kier molecular flexibility index (Phi) is 6.54. The molecule has 2 unspecified atom stereocenters. The number of hydrogen-bond donors (Lipinski definition) is 3. The molecule has 0 aliphatic rings. The van der Waals surface area contributed by atoms with E-state index >= 15 is 0 Å². The number of nitrogens with zero attached hydrogens (tertiary/aromatic N) is 2. The number of halogens is 1. The van der Waals surface area contributed by atoms with Gasteiger partial charge < -0.3 is 0 Å². The summed E-state index contributed by atoms with van der Waals surface area (Å²) < 4.78 is 31.1. The van der Waals surface area contributed by atoms with E-state index in [4.69, 9.17) is 5.14 Å². The molecule has 2 atom stereocenters. The predicted molar refractivity (Wildman–Crippen MR) is 68.3 cm³/mol. The highest BCUT2D eigenvalue weighted by molar-refractivity contribution is 8.22. The fourth-order valence-electron chi connectivity index (χ4n) is 1.07. The van der Waals surface area contributed by atoms with Crippen molar-refractivity contribution < 1.29 is 13.5 Å². The number of rotatable bonds is 3. The van der Waals surface area contributed by atoms with Crippen LogP contribution in [-0.2, 0) is 0 Å². The lowest BCUT2D eigenvalue weighted by Crippen LogP contribution is -2.27. The second kappa shape index (κ2) is 6.85. The molecule has 0 aliphatic carbocycles. The number of hydrogen-bond acceptors (Lipinski definition) is 5. The van der Waals surface area contributed by atoms with Gasteiger partial charge in [-0.2, -0.15) is 0 Å². The third-order valence-corrected chi connectivity index (χ3v) is 3.80. The topological polar surface area (TPSA) is 92.3 Å². The zero-order chi connectivity index (χ0) is 13.6. The molecule has 0 radical (unpaired) electrons. The second-order valence-corrected chi connectivity index (χ2v) is 5.41. The van der Waals surface area contributed by atoms with Crippen LogP contribution in [-0.4, -0.2) is 24.3 Å². The molecule has 4 N–H and O–H groups in total. The highest BCUT2D eigenvalue weighted by Crippen LogP contribution is 2.41. The molecule has 0 saturated carbocycles. The Morgan fingerprint density at radius 3 is 2.00 bits per heavy atom. The highest BCUT2D eigenvalue weighted by atomic mass is 32.3. The minimum atomic E-state index is -3.13. The van der Waals surface area contributed by atoms with Crippen molar-refractivity contribution in [3.63, 3.8) is 0 Å². The van der Waals surface area contributed by atoms with Gasteiger partial charge >= 0.3 is 0 Å². The first kappa shape index (κ1) is 16.2. The molecule has 5 nitrogen and oxygen atoms in total. The Bertz CT molecular complexity index is 329. The largest absolute Gasteiger partial charge is 0.286 e. The average molecular weight is 265 g/mol. The Balaban J connectivity index is 0.00000121. The summed E-state index contributed by atoms with van der Waals surface area (Å²) in [5.74, 6) is -0.534. The van der Waals surface area contributed by atoms with E-state index in [-0.39, 0.29) is 5.92 Å². The molecule has 0 amide bonds. The van der Waals surface area contributed by atoms with Crippen LogP contribution >= 0.6 is 10.8 Å². The van der Waals surface area contributed by atoms with Crippen molar-refractivity contribution >= 4 is 10.8 Å². The van der Waals surface area contributed by atoms with Crippen molar-refractivity contribution in [1.29, 1.82) is 0 Å². The fourth-order valence-corrected chi connectivity index (χ4v) is 1.79. The molecule has 100 valence electrons. The van der Waals surface area contributed by atoms with Gasteiger partial charge in [-0.3, -0.25) is 9.11 Å². The zero-order valence-electron chi connectivity index (χ0n) is 10.5. The zero-order valence-corrected chi connectivity index (χ0v) is 11.3. The summed E-state index contributed by atoms with van der Waals surface area (Å²) >= 11 is 0. The second-order valence-electron chi connectivity index (χ2n) is 3.39. The van der Waals surface area contributed by atoms with E-state index in [1.807, 2.05) is 13.8 Å². The summed E-state index contributed by atoms with van der Waals surface area (Å²) in [7, 11) is -3.13. The maximum Gasteiger partial charge on any atom is 0.159 e. The molecule has 1 heterocycles. The number of nitrogens with two attached hydrogens (primary N) is 1.